The zero-order valence-electron chi connectivity index (χ0n) is 7.15. The second-order valence-corrected chi connectivity index (χ2v) is 3.46. The number of nitrogens with zero attached hydrogens (tertiary/aromatic N) is 1. The zero-order chi connectivity index (χ0) is 7.84. The third-order valence-corrected chi connectivity index (χ3v) is 2.63. The van der Waals surface area contributed by atoms with Crippen molar-refractivity contribution >= 4 is 0 Å². The van der Waals surface area contributed by atoms with Crippen LogP contribution < -0.4 is 10.6 Å². The van der Waals surface area contributed by atoms with Crippen LogP contribution in [0.5, 0.6) is 0 Å². The monoisotopic (exact) mass is 153 g/mol. The van der Waals surface area contributed by atoms with Crippen LogP contribution in [0.15, 0.2) is 11.4 Å². The van der Waals surface area contributed by atoms with Crippen LogP contribution in [-0.4, -0.2) is 31.2 Å². The molecule has 3 heteroatoms. The number of hydrogen-bond donors (Lipinski definition) is 2. The van der Waals surface area contributed by atoms with Crippen LogP contribution in [0, 0.1) is 0 Å². The van der Waals surface area contributed by atoms with Crippen molar-refractivity contribution in [2.75, 3.05) is 20.3 Å². The summed E-state index contributed by atoms with van der Waals surface area (Å²) in [6.45, 7) is 4.26. The third kappa shape index (κ3) is 1.09. The summed E-state index contributed by atoms with van der Waals surface area (Å²) in [5.41, 5.74) is 2.82. The Hall–Kier alpha value is -0.700. The van der Waals surface area contributed by atoms with Crippen molar-refractivity contribution in [3.05, 3.63) is 11.4 Å². The molecule has 0 saturated carbocycles. The highest BCUT2D eigenvalue weighted by atomic mass is 15.2. The van der Waals surface area contributed by atoms with Crippen molar-refractivity contribution in [1.82, 2.24) is 15.5 Å². The molecular weight excluding hydrogens is 138 g/mol. The van der Waals surface area contributed by atoms with Crippen molar-refractivity contribution < 1.29 is 0 Å². The van der Waals surface area contributed by atoms with Crippen molar-refractivity contribution in [3.8, 4) is 0 Å². The number of rotatable bonds is 0. The number of likely N-dealkylation sites (N-methyl/N-ethyl adjacent to an activating group) is 1. The third-order valence-electron chi connectivity index (χ3n) is 2.63. The van der Waals surface area contributed by atoms with E-state index in [2.05, 4.69) is 29.5 Å². The van der Waals surface area contributed by atoms with Gasteiger partial charge in [0.25, 0.3) is 0 Å². The fourth-order valence-corrected chi connectivity index (χ4v) is 1.67. The summed E-state index contributed by atoms with van der Waals surface area (Å²) >= 11 is 0. The molecule has 0 radical (unpaired) electrons. The van der Waals surface area contributed by atoms with Gasteiger partial charge >= 0.3 is 0 Å². The average Bonchev–Trinajstić information content (AvgIpc) is 2.36. The summed E-state index contributed by atoms with van der Waals surface area (Å²) < 4.78 is 0. The van der Waals surface area contributed by atoms with E-state index in [-0.39, 0.29) is 0 Å². The smallest absolute Gasteiger partial charge is 0.0845 e. The SMILES string of the molecule is CC1CC2=C(CN1C)NCN2. The Kier molecular flexibility index (Phi) is 1.53. The van der Waals surface area contributed by atoms with Gasteiger partial charge in [0.2, 0.25) is 0 Å². The van der Waals surface area contributed by atoms with Gasteiger partial charge in [0.15, 0.2) is 0 Å². The van der Waals surface area contributed by atoms with E-state index < -0.39 is 0 Å². The Morgan fingerprint density at radius 2 is 2.09 bits per heavy atom. The minimum absolute atomic E-state index is 0.682. The zero-order valence-corrected chi connectivity index (χ0v) is 7.15. The molecule has 62 valence electrons. The van der Waals surface area contributed by atoms with Gasteiger partial charge in [0.1, 0.15) is 0 Å². The van der Waals surface area contributed by atoms with E-state index in [4.69, 9.17) is 0 Å². The summed E-state index contributed by atoms with van der Waals surface area (Å²) in [7, 11) is 2.18. The van der Waals surface area contributed by atoms with Crippen LogP contribution >= 0.6 is 0 Å². The molecule has 0 amide bonds. The Morgan fingerprint density at radius 3 is 2.91 bits per heavy atom. The van der Waals surface area contributed by atoms with Gasteiger partial charge in [-0.05, 0) is 14.0 Å². The lowest BCUT2D eigenvalue weighted by Crippen LogP contribution is -2.37. The van der Waals surface area contributed by atoms with Gasteiger partial charge in [-0.25, -0.2) is 0 Å². The molecule has 0 bridgehead atoms. The number of nitrogens with one attached hydrogen (secondary N) is 2. The first-order chi connectivity index (χ1) is 5.27. The van der Waals surface area contributed by atoms with Crippen LogP contribution in [0.3, 0.4) is 0 Å². The van der Waals surface area contributed by atoms with Crippen molar-refractivity contribution in [2.45, 2.75) is 19.4 Å². The summed E-state index contributed by atoms with van der Waals surface area (Å²) in [6.07, 6.45) is 1.17. The molecule has 0 saturated heterocycles. The minimum Gasteiger partial charge on any atom is -0.370 e. The molecule has 3 nitrogen and oxygen atoms in total. The fraction of sp³-hybridized carbons (Fsp3) is 0.750. The number of hydrogen-bond acceptors (Lipinski definition) is 3. The van der Waals surface area contributed by atoms with Crippen LogP contribution in [-0.2, 0) is 0 Å². The molecule has 1 unspecified atom stereocenters. The van der Waals surface area contributed by atoms with Gasteiger partial charge in [-0.15, -0.1) is 0 Å². The molecule has 11 heavy (non-hydrogen) atoms. The highest BCUT2D eigenvalue weighted by Gasteiger charge is 2.24. The van der Waals surface area contributed by atoms with Gasteiger partial charge in [-0.1, -0.05) is 0 Å². The summed E-state index contributed by atoms with van der Waals surface area (Å²) in [5, 5.41) is 6.69. The second kappa shape index (κ2) is 2.41. The predicted octanol–water partition coefficient (Wildman–Crippen LogP) is 0.0723. The van der Waals surface area contributed by atoms with E-state index in [9.17, 15) is 0 Å². The molecule has 0 spiro atoms. The normalized spacial score (nSPS) is 31.3. The van der Waals surface area contributed by atoms with E-state index in [0.29, 0.717) is 6.04 Å². The lowest BCUT2D eigenvalue weighted by molar-refractivity contribution is 0.257. The molecular formula is C8H15N3. The second-order valence-electron chi connectivity index (χ2n) is 3.46. The van der Waals surface area contributed by atoms with E-state index in [1.165, 1.54) is 17.8 Å². The minimum atomic E-state index is 0.682. The van der Waals surface area contributed by atoms with E-state index in [1.807, 2.05) is 0 Å². The molecule has 2 aliphatic heterocycles. The molecule has 0 aromatic carbocycles. The van der Waals surface area contributed by atoms with Crippen LogP contribution in [0.25, 0.3) is 0 Å². The lowest BCUT2D eigenvalue weighted by Gasteiger charge is -2.30. The largest absolute Gasteiger partial charge is 0.370 e. The highest BCUT2D eigenvalue weighted by molar-refractivity contribution is 5.21. The fourth-order valence-electron chi connectivity index (χ4n) is 1.67. The molecule has 2 aliphatic rings. The first-order valence-electron chi connectivity index (χ1n) is 4.17. The first-order valence-corrected chi connectivity index (χ1v) is 4.17. The van der Waals surface area contributed by atoms with E-state index in [1.54, 1.807) is 0 Å². The van der Waals surface area contributed by atoms with Crippen LogP contribution in [0.2, 0.25) is 0 Å². The average molecular weight is 153 g/mol. The van der Waals surface area contributed by atoms with Crippen molar-refractivity contribution in [1.29, 1.82) is 0 Å². The summed E-state index contributed by atoms with van der Waals surface area (Å²) in [5.74, 6) is 0. The van der Waals surface area contributed by atoms with Crippen LogP contribution in [0.1, 0.15) is 13.3 Å². The predicted molar refractivity (Wildman–Crippen MR) is 44.9 cm³/mol. The van der Waals surface area contributed by atoms with Gasteiger partial charge in [0.05, 0.1) is 6.67 Å². The molecule has 0 aliphatic carbocycles. The maximum absolute atomic E-state index is 3.35. The molecule has 2 rings (SSSR count). The highest BCUT2D eigenvalue weighted by Crippen LogP contribution is 2.20. The summed E-state index contributed by atoms with van der Waals surface area (Å²) in [4.78, 5) is 2.37. The van der Waals surface area contributed by atoms with Gasteiger partial charge in [-0.2, -0.15) is 0 Å². The van der Waals surface area contributed by atoms with E-state index in [0.717, 1.165) is 13.2 Å². The van der Waals surface area contributed by atoms with Crippen molar-refractivity contribution in [3.63, 3.8) is 0 Å². The maximum atomic E-state index is 3.35. The van der Waals surface area contributed by atoms with E-state index >= 15 is 0 Å². The Bertz CT molecular complexity index is 178. The molecule has 0 fully saturated rings. The molecule has 0 aromatic heterocycles. The van der Waals surface area contributed by atoms with Gasteiger partial charge in [0, 0.05) is 30.4 Å². The first kappa shape index (κ1) is 6.98. The standard InChI is InChI=1S/C8H15N3/c1-6-3-7-8(4-11(6)2)10-5-9-7/h6,9-10H,3-5H2,1-2H3. The van der Waals surface area contributed by atoms with Gasteiger partial charge in [-0.3, -0.25) is 4.90 Å². The quantitative estimate of drug-likeness (QED) is 0.516. The molecule has 0 aromatic rings. The maximum Gasteiger partial charge on any atom is 0.0845 e. The van der Waals surface area contributed by atoms with Gasteiger partial charge < -0.3 is 10.6 Å². The lowest BCUT2D eigenvalue weighted by atomic mass is 10.1. The Morgan fingerprint density at radius 1 is 1.36 bits per heavy atom. The Labute approximate surface area is 67.5 Å². The summed E-state index contributed by atoms with van der Waals surface area (Å²) in [6, 6.07) is 0.682. The Balaban J connectivity index is 2.16. The molecule has 1 atom stereocenters. The van der Waals surface area contributed by atoms with Crippen molar-refractivity contribution in [2.24, 2.45) is 0 Å². The molecule has 2 N–H and O–H groups in total. The topological polar surface area (TPSA) is 27.3 Å². The molecule has 2 heterocycles. The van der Waals surface area contributed by atoms with Crippen LogP contribution in [0.4, 0.5) is 0 Å².